The summed E-state index contributed by atoms with van der Waals surface area (Å²) < 4.78 is 0. The van der Waals surface area contributed by atoms with Crippen LogP contribution in [0.2, 0.25) is 0 Å². The number of aromatic amines is 1. The molecule has 0 aromatic carbocycles. The first-order chi connectivity index (χ1) is 8.40. The molecule has 0 bridgehead atoms. The number of H-pyrrole nitrogens is 1. The lowest BCUT2D eigenvalue weighted by Crippen LogP contribution is -2.48. The number of aromatic nitrogens is 2. The molecule has 0 saturated heterocycles. The van der Waals surface area contributed by atoms with Gasteiger partial charge in [0.1, 0.15) is 11.9 Å². The molecule has 3 N–H and O–H groups in total. The lowest BCUT2D eigenvalue weighted by molar-refractivity contribution is -0.129. The zero-order valence-electron chi connectivity index (χ0n) is 11.2. The van der Waals surface area contributed by atoms with E-state index in [9.17, 15) is 9.59 Å². The van der Waals surface area contributed by atoms with Crippen LogP contribution in [0.5, 0.6) is 0 Å². The molecule has 1 aromatic rings. The Morgan fingerprint density at radius 2 is 2.11 bits per heavy atom. The van der Waals surface area contributed by atoms with Gasteiger partial charge in [-0.05, 0) is 12.8 Å². The van der Waals surface area contributed by atoms with E-state index < -0.39 is 6.04 Å². The van der Waals surface area contributed by atoms with E-state index in [0.717, 1.165) is 5.69 Å². The van der Waals surface area contributed by atoms with Gasteiger partial charge in [-0.2, -0.15) is 0 Å². The monoisotopic (exact) mass is 252 g/mol. The van der Waals surface area contributed by atoms with Gasteiger partial charge < -0.3 is 15.6 Å². The predicted molar refractivity (Wildman–Crippen MR) is 67.6 cm³/mol. The van der Waals surface area contributed by atoms with Crippen molar-refractivity contribution in [3.8, 4) is 0 Å². The van der Waals surface area contributed by atoms with Gasteiger partial charge in [0.2, 0.25) is 11.8 Å². The smallest absolute Gasteiger partial charge is 0.243 e. The van der Waals surface area contributed by atoms with Gasteiger partial charge in [0.05, 0.1) is 6.54 Å². The molecule has 1 aromatic heterocycles. The number of aryl methyl sites for hydroxylation is 1. The number of amides is 2. The van der Waals surface area contributed by atoms with E-state index in [4.69, 9.17) is 0 Å². The highest BCUT2D eigenvalue weighted by Crippen LogP contribution is 2.02. The third-order valence-electron chi connectivity index (χ3n) is 2.49. The Morgan fingerprint density at radius 3 is 2.56 bits per heavy atom. The molecule has 0 fully saturated rings. The Bertz CT molecular complexity index is 425. The number of imidazole rings is 1. The number of carbonyl (C=O) groups excluding carboxylic acids is 2. The van der Waals surface area contributed by atoms with Crippen LogP contribution in [0.3, 0.4) is 0 Å². The second-order valence-corrected chi connectivity index (χ2v) is 4.65. The average molecular weight is 252 g/mol. The maximum Gasteiger partial charge on any atom is 0.243 e. The summed E-state index contributed by atoms with van der Waals surface area (Å²) in [5, 5.41) is 5.39. The summed E-state index contributed by atoms with van der Waals surface area (Å²) in [6.45, 7) is 7.40. The van der Waals surface area contributed by atoms with E-state index in [1.165, 1.54) is 6.92 Å². The highest BCUT2D eigenvalue weighted by Gasteiger charge is 2.22. The minimum Gasteiger partial charge on any atom is -0.347 e. The van der Waals surface area contributed by atoms with E-state index in [2.05, 4.69) is 20.6 Å². The molecule has 0 unspecified atom stereocenters. The van der Waals surface area contributed by atoms with Crippen molar-refractivity contribution in [2.24, 2.45) is 5.92 Å². The third kappa shape index (κ3) is 4.20. The minimum atomic E-state index is -0.515. The summed E-state index contributed by atoms with van der Waals surface area (Å²) in [5.41, 5.74) is 0.946. The molecule has 18 heavy (non-hydrogen) atoms. The van der Waals surface area contributed by atoms with Crippen LogP contribution >= 0.6 is 0 Å². The molecule has 0 spiro atoms. The van der Waals surface area contributed by atoms with Crippen molar-refractivity contribution in [2.75, 3.05) is 0 Å². The van der Waals surface area contributed by atoms with Gasteiger partial charge >= 0.3 is 0 Å². The number of hydrogen-bond acceptors (Lipinski definition) is 3. The summed E-state index contributed by atoms with van der Waals surface area (Å²) in [5.74, 6) is 0.324. The number of nitrogens with one attached hydrogen (secondary N) is 3. The molecule has 6 heteroatoms. The van der Waals surface area contributed by atoms with Gasteiger partial charge in [-0.3, -0.25) is 9.59 Å². The fourth-order valence-electron chi connectivity index (χ4n) is 1.59. The zero-order chi connectivity index (χ0) is 13.7. The van der Waals surface area contributed by atoms with Crippen LogP contribution in [0.1, 0.15) is 32.3 Å². The Kier molecular flexibility index (Phi) is 4.88. The van der Waals surface area contributed by atoms with Crippen molar-refractivity contribution in [1.82, 2.24) is 20.6 Å². The van der Waals surface area contributed by atoms with Crippen molar-refractivity contribution < 1.29 is 9.59 Å². The largest absolute Gasteiger partial charge is 0.347 e. The molecule has 1 heterocycles. The molecule has 2 amide bonds. The first kappa shape index (κ1) is 14.2. The molecule has 0 radical (unpaired) electrons. The first-order valence-electron chi connectivity index (χ1n) is 5.95. The third-order valence-corrected chi connectivity index (χ3v) is 2.49. The lowest BCUT2D eigenvalue weighted by atomic mass is 10.0. The molecule has 0 saturated carbocycles. The van der Waals surface area contributed by atoms with Crippen LogP contribution in [0.4, 0.5) is 0 Å². The highest BCUT2D eigenvalue weighted by molar-refractivity contribution is 5.86. The Morgan fingerprint density at radius 1 is 1.44 bits per heavy atom. The minimum absolute atomic E-state index is 0.0345. The molecular weight excluding hydrogens is 232 g/mol. The number of nitrogens with zero attached hydrogens (tertiary/aromatic N) is 1. The normalized spacial score (nSPS) is 12.3. The molecule has 0 aliphatic rings. The summed E-state index contributed by atoms with van der Waals surface area (Å²) in [6.07, 6.45) is 1.70. The van der Waals surface area contributed by atoms with Crippen LogP contribution in [0, 0.1) is 12.8 Å². The van der Waals surface area contributed by atoms with Crippen LogP contribution in [0.15, 0.2) is 6.20 Å². The summed E-state index contributed by atoms with van der Waals surface area (Å²) in [6, 6.07) is -0.515. The predicted octanol–water partition coefficient (Wildman–Crippen LogP) is 0.495. The number of hydrogen-bond donors (Lipinski definition) is 3. The van der Waals surface area contributed by atoms with E-state index in [0.29, 0.717) is 12.4 Å². The molecule has 0 aliphatic carbocycles. The van der Waals surface area contributed by atoms with Crippen molar-refractivity contribution in [2.45, 2.75) is 40.3 Å². The highest BCUT2D eigenvalue weighted by atomic mass is 16.2. The summed E-state index contributed by atoms with van der Waals surface area (Å²) >= 11 is 0. The number of carbonyl (C=O) groups is 2. The van der Waals surface area contributed by atoms with Crippen molar-refractivity contribution in [3.63, 3.8) is 0 Å². The quantitative estimate of drug-likeness (QED) is 0.713. The van der Waals surface area contributed by atoms with Crippen LogP contribution in [0.25, 0.3) is 0 Å². The average Bonchev–Trinajstić information content (AvgIpc) is 2.68. The van der Waals surface area contributed by atoms with E-state index in [-0.39, 0.29) is 17.7 Å². The van der Waals surface area contributed by atoms with Crippen molar-refractivity contribution >= 4 is 11.8 Å². The molecule has 1 rings (SSSR count). The van der Waals surface area contributed by atoms with Gasteiger partial charge in [-0.25, -0.2) is 4.98 Å². The fourth-order valence-corrected chi connectivity index (χ4v) is 1.59. The van der Waals surface area contributed by atoms with Crippen molar-refractivity contribution in [3.05, 3.63) is 17.7 Å². The zero-order valence-corrected chi connectivity index (χ0v) is 11.2. The van der Waals surface area contributed by atoms with Gasteiger partial charge in [0.25, 0.3) is 0 Å². The SMILES string of the molecule is CC(=O)N[C@H](C(=O)NCc1ncc(C)[nH]1)C(C)C. The Hall–Kier alpha value is -1.85. The van der Waals surface area contributed by atoms with Crippen LogP contribution in [-0.2, 0) is 16.1 Å². The number of rotatable bonds is 5. The fraction of sp³-hybridized carbons (Fsp3) is 0.583. The van der Waals surface area contributed by atoms with Crippen LogP contribution in [-0.4, -0.2) is 27.8 Å². The molecule has 100 valence electrons. The van der Waals surface area contributed by atoms with Crippen molar-refractivity contribution in [1.29, 1.82) is 0 Å². The maximum absolute atomic E-state index is 11.9. The Balaban J connectivity index is 2.53. The first-order valence-corrected chi connectivity index (χ1v) is 5.95. The second kappa shape index (κ2) is 6.18. The molecular formula is C12H20N4O2. The van der Waals surface area contributed by atoms with E-state index in [1.807, 2.05) is 20.8 Å². The van der Waals surface area contributed by atoms with Gasteiger partial charge in [-0.1, -0.05) is 13.8 Å². The van der Waals surface area contributed by atoms with E-state index >= 15 is 0 Å². The standard InChI is InChI=1S/C12H20N4O2/c1-7(2)11(16-9(4)17)12(18)14-6-10-13-5-8(3)15-10/h5,7,11H,6H2,1-4H3,(H,13,15)(H,14,18)(H,16,17)/t11-/m0/s1. The Labute approximate surface area is 107 Å². The summed E-state index contributed by atoms with van der Waals surface area (Å²) in [7, 11) is 0. The molecule has 0 aliphatic heterocycles. The molecule has 1 atom stereocenters. The lowest BCUT2D eigenvalue weighted by Gasteiger charge is -2.20. The maximum atomic E-state index is 11.9. The summed E-state index contributed by atoms with van der Waals surface area (Å²) in [4.78, 5) is 30.1. The van der Waals surface area contributed by atoms with Gasteiger partial charge in [-0.15, -0.1) is 0 Å². The van der Waals surface area contributed by atoms with E-state index in [1.54, 1.807) is 6.20 Å². The topological polar surface area (TPSA) is 86.9 Å². The second-order valence-electron chi connectivity index (χ2n) is 4.65. The van der Waals surface area contributed by atoms with Gasteiger partial charge in [0.15, 0.2) is 0 Å². The van der Waals surface area contributed by atoms with Gasteiger partial charge in [0, 0.05) is 18.8 Å². The molecule has 6 nitrogen and oxygen atoms in total. The van der Waals surface area contributed by atoms with Crippen LogP contribution < -0.4 is 10.6 Å².